The maximum absolute atomic E-state index is 11.8. The Hall–Kier alpha value is -3.52. The highest BCUT2D eigenvalue weighted by atomic mass is 32.2. The Balaban J connectivity index is 1.17. The largest absolute Gasteiger partial charge is 0.493 e. The first-order valence-corrected chi connectivity index (χ1v) is 15.3. The number of carboxylic acid groups (broad SMARTS) is 1. The molecule has 7 nitrogen and oxygen atoms in total. The van der Waals surface area contributed by atoms with Gasteiger partial charge in [-0.15, -0.1) is 0 Å². The van der Waals surface area contributed by atoms with Crippen LogP contribution in [0.15, 0.2) is 54.6 Å². The summed E-state index contributed by atoms with van der Waals surface area (Å²) >= 11 is 0. The van der Waals surface area contributed by atoms with E-state index in [1.807, 2.05) is 42.5 Å². The number of hydrogen-bond acceptors (Lipinski definition) is 6. The molecule has 1 saturated heterocycles. The van der Waals surface area contributed by atoms with E-state index in [2.05, 4.69) is 19.1 Å². The average molecular weight is 549 g/mol. The molecule has 2 heterocycles. The summed E-state index contributed by atoms with van der Waals surface area (Å²) in [6, 6.07) is 18.0. The third kappa shape index (κ3) is 5.62. The smallest absolute Gasteiger partial charge is 0.307 e. The Kier molecular flexibility index (Phi) is 6.75. The zero-order chi connectivity index (χ0) is 27.1. The van der Waals surface area contributed by atoms with Gasteiger partial charge in [0.25, 0.3) is 0 Å². The molecule has 8 heteroatoms. The van der Waals surface area contributed by atoms with Crippen LogP contribution >= 0.6 is 0 Å². The Morgan fingerprint density at radius 1 is 1.03 bits per heavy atom. The van der Waals surface area contributed by atoms with Crippen LogP contribution in [0, 0.1) is 12.8 Å². The van der Waals surface area contributed by atoms with E-state index in [0.29, 0.717) is 32.5 Å². The zero-order valence-electron chi connectivity index (χ0n) is 21.9. The van der Waals surface area contributed by atoms with Gasteiger partial charge in [-0.3, -0.25) is 4.79 Å². The maximum Gasteiger partial charge on any atom is 0.307 e. The molecule has 2 aliphatic heterocycles. The second-order valence-electron chi connectivity index (χ2n) is 10.8. The predicted molar refractivity (Wildman–Crippen MR) is 147 cm³/mol. The first-order chi connectivity index (χ1) is 18.8. The van der Waals surface area contributed by atoms with E-state index < -0.39 is 15.8 Å². The van der Waals surface area contributed by atoms with Crippen LogP contribution in [0.1, 0.15) is 47.4 Å². The minimum atomic E-state index is -2.93. The molecule has 1 N–H and O–H groups in total. The number of aliphatic carboxylic acids is 1. The second-order valence-corrected chi connectivity index (χ2v) is 13.1. The van der Waals surface area contributed by atoms with Crippen molar-refractivity contribution in [1.29, 1.82) is 0 Å². The lowest BCUT2D eigenvalue weighted by Crippen LogP contribution is -2.30. The molecule has 6 rings (SSSR count). The van der Waals surface area contributed by atoms with Crippen LogP contribution in [0.3, 0.4) is 0 Å². The monoisotopic (exact) mass is 548 g/mol. The topological polar surface area (TPSA) is 99.1 Å². The third-order valence-electron chi connectivity index (χ3n) is 7.96. The van der Waals surface area contributed by atoms with Gasteiger partial charge in [-0.2, -0.15) is 0 Å². The van der Waals surface area contributed by atoms with Crippen molar-refractivity contribution in [2.75, 3.05) is 18.1 Å². The fourth-order valence-corrected chi connectivity index (χ4v) is 7.18. The van der Waals surface area contributed by atoms with Crippen LogP contribution in [0.25, 0.3) is 11.1 Å². The van der Waals surface area contributed by atoms with Crippen molar-refractivity contribution < 1.29 is 32.5 Å². The SMILES string of the molecule is Cc1cc(OC2CCS(=O)(=O)CC2)cc2c1-c1cc(COc3ccc([C@H]4C[C@@H]4C(=O)O)cc3)ccc1OCC2. The van der Waals surface area contributed by atoms with Crippen molar-refractivity contribution >= 4 is 15.8 Å². The molecule has 39 heavy (non-hydrogen) atoms. The van der Waals surface area contributed by atoms with E-state index in [1.165, 1.54) is 0 Å². The van der Waals surface area contributed by atoms with Crippen LogP contribution in [0.2, 0.25) is 0 Å². The van der Waals surface area contributed by atoms with Crippen LogP contribution in [-0.2, 0) is 27.7 Å². The molecule has 0 aromatic heterocycles. The van der Waals surface area contributed by atoms with Crippen molar-refractivity contribution in [2.45, 2.75) is 51.2 Å². The quantitative estimate of drug-likeness (QED) is 0.427. The average Bonchev–Trinajstić information content (AvgIpc) is 3.73. The molecule has 3 aliphatic rings. The number of hydrogen-bond donors (Lipinski definition) is 1. The molecule has 1 aliphatic carbocycles. The highest BCUT2D eigenvalue weighted by molar-refractivity contribution is 7.91. The van der Waals surface area contributed by atoms with Crippen molar-refractivity contribution in [3.05, 3.63) is 76.9 Å². The molecule has 1 saturated carbocycles. The number of aryl methyl sites for hydroxylation is 1. The van der Waals surface area contributed by atoms with Gasteiger partial charge >= 0.3 is 5.97 Å². The molecule has 0 unspecified atom stereocenters. The lowest BCUT2D eigenvalue weighted by atomic mass is 9.92. The molecule has 0 spiro atoms. The Morgan fingerprint density at radius 3 is 2.51 bits per heavy atom. The number of benzene rings is 3. The van der Waals surface area contributed by atoms with E-state index in [-0.39, 0.29) is 29.4 Å². The van der Waals surface area contributed by atoms with Crippen LogP contribution in [0.5, 0.6) is 17.2 Å². The predicted octanol–water partition coefficient (Wildman–Crippen LogP) is 5.32. The molecule has 2 fully saturated rings. The summed E-state index contributed by atoms with van der Waals surface area (Å²) in [6.45, 7) is 3.04. The van der Waals surface area contributed by atoms with Gasteiger partial charge in [0.15, 0.2) is 9.84 Å². The van der Waals surface area contributed by atoms with Crippen molar-refractivity contribution in [3.8, 4) is 28.4 Å². The molecule has 3 aromatic rings. The summed E-state index contributed by atoms with van der Waals surface area (Å²) in [7, 11) is -2.93. The lowest BCUT2D eigenvalue weighted by Gasteiger charge is -2.24. The number of rotatable bonds is 7. The molecule has 204 valence electrons. The Morgan fingerprint density at radius 2 is 1.79 bits per heavy atom. The van der Waals surface area contributed by atoms with Gasteiger partial charge in [0.1, 0.15) is 30.0 Å². The van der Waals surface area contributed by atoms with Gasteiger partial charge in [0.2, 0.25) is 0 Å². The number of fused-ring (bicyclic) bond motifs is 3. The van der Waals surface area contributed by atoms with Crippen molar-refractivity contribution in [1.82, 2.24) is 0 Å². The van der Waals surface area contributed by atoms with Crippen LogP contribution in [0.4, 0.5) is 0 Å². The standard InChI is InChI=1S/C31H32O7S/c1-19-14-25(38-24-9-12-39(34,35)13-10-24)16-22-8-11-36-29-7-2-20(15-28(29)30(19)22)18-37-23-5-3-21(4-6-23)26-17-27(26)31(32)33/h2-7,14-16,24,26-27H,8-13,17-18H2,1H3,(H,32,33)/t26-,27+/m1/s1. The number of carboxylic acids is 1. The van der Waals surface area contributed by atoms with Crippen molar-refractivity contribution in [3.63, 3.8) is 0 Å². The van der Waals surface area contributed by atoms with Crippen LogP contribution in [-0.4, -0.2) is 43.7 Å². The van der Waals surface area contributed by atoms with E-state index in [0.717, 1.165) is 57.1 Å². The number of sulfone groups is 1. The molecule has 0 bridgehead atoms. The van der Waals surface area contributed by atoms with Gasteiger partial charge in [0.05, 0.1) is 24.0 Å². The molecular weight excluding hydrogens is 516 g/mol. The minimum absolute atomic E-state index is 0.0824. The lowest BCUT2D eigenvalue weighted by molar-refractivity contribution is -0.138. The molecule has 3 aromatic carbocycles. The summed E-state index contributed by atoms with van der Waals surface area (Å²) in [5, 5.41) is 9.17. The summed E-state index contributed by atoms with van der Waals surface area (Å²) in [4.78, 5) is 11.2. The van der Waals surface area contributed by atoms with E-state index in [9.17, 15) is 13.2 Å². The molecule has 0 amide bonds. The first kappa shape index (κ1) is 25.7. The normalized spacial score (nSPS) is 21.6. The molecule has 0 radical (unpaired) electrons. The fraction of sp³-hybridized carbons (Fsp3) is 0.387. The van der Waals surface area contributed by atoms with Gasteiger partial charge in [-0.05, 0) is 96.3 Å². The van der Waals surface area contributed by atoms with Crippen LogP contribution < -0.4 is 14.2 Å². The van der Waals surface area contributed by atoms with Crippen molar-refractivity contribution in [2.24, 2.45) is 5.92 Å². The van der Waals surface area contributed by atoms with Gasteiger partial charge < -0.3 is 19.3 Å². The zero-order valence-corrected chi connectivity index (χ0v) is 22.7. The maximum atomic E-state index is 11.8. The van der Waals surface area contributed by atoms with Gasteiger partial charge in [-0.1, -0.05) is 18.2 Å². The van der Waals surface area contributed by atoms with E-state index in [1.54, 1.807) is 0 Å². The highest BCUT2D eigenvalue weighted by Crippen LogP contribution is 2.47. The van der Waals surface area contributed by atoms with E-state index in [4.69, 9.17) is 19.3 Å². The fourth-order valence-electron chi connectivity index (χ4n) is 5.73. The summed E-state index contributed by atoms with van der Waals surface area (Å²) in [5.74, 6) is 1.85. The summed E-state index contributed by atoms with van der Waals surface area (Å²) in [6.07, 6.45) is 2.43. The minimum Gasteiger partial charge on any atom is -0.493 e. The Labute approximate surface area is 228 Å². The second kappa shape index (κ2) is 10.2. The van der Waals surface area contributed by atoms with Gasteiger partial charge in [-0.25, -0.2) is 8.42 Å². The Bertz CT molecular complexity index is 1500. The number of carbonyl (C=O) groups is 1. The summed E-state index contributed by atoms with van der Waals surface area (Å²) in [5.41, 5.74) is 6.47. The van der Waals surface area contributed by atoms with E-state index >= 15 is 0 Å². The third-order valence-corrected chi connectivity index (χ3v) is 9.67. The number of ether oxygens (including phenoxy) is 3. The first-order valence-electron chi connectivity index (χ1n) is 13.5. The molecule has 2 atom stereocenters. The van der Waals surface area contributed by atoms with Gasteiger partial charge in [0, 0.05) is 12.0 Å². The molecular formula is C31H32O7S. The highest BCUT2D eigenvalue weighted by Gasteiger charge is 2.44. The summed E-state index contributed by atoms with van der Waals surface area (Å²) < 4.78 is 41.9.